The second-order valence-corrected chi connectivity index (χ2v) is 6.67. The zero-order valence-electron chi connectivity index (χ0n) is 11.3. The van der Waals surface area contributed by atoms with E-state index in [2.05, 4.69) is 33.0 Å². The van der Waals surface area contributed by atoms with Crippen molar-refractivity contribution in [3.63, 3.8) is 0 Å². The molecule has 1 aromatic rings. The smallest absolute Gasteiger partial charge is 0.119 e. The molecule has 1 aliphatic heterocycles. The minimum Gasteiger partial charge on any atom is -0.497 e. The highest BCUT2D eigenvalue weighted by atomic mass is 79.9. The average molecular weight is 325 g/mol. The third-order valence-electron chi connectivity index (χ3n) is 4.63. The van der Waals surface area contributed by atoms with Crippen molar-refractivity contribution in [2.45, 2.75) is 25.4 Å². The van der Waals surface area contributed by atoms with Crippen LogP contribution in [-0.2, 0) is 6.54 Å². The predicted molar refractivity (Wildman–Crippen MR) is 80.2 cm³/mol. The lowest BCUT2D eigenvalue weighted by atomic mass is 9.98. The third kappa shape index (κ3) is 2.67. The number of methoxy groups -OCH3 is 1. The van der Waals surface area contributed by atoms with Gasteiger partial charge in [-0.25, -0.2) is 0 Å². The summed E-state index contributed by atoms with van der Waals surface area (Å²) in [6, 6.07) is 6.60. The largest absolute Gasteiger partial charge is 0.497 e. The van der Waals surface area contributed by atoms with Crippen molar-refractivity contribution < 1.29 is 4.74 Å². The van der Waals surface area contributed by atoms with Gasteiger partial charge in [-0.2, -0.15) is 0 Å². The molecule has 1 saturated carbocycles. The van der Waals surface area contributed by atoms with E-state index in [4.69, 9.17) is 10.5 Å². The fraction of sp³-hybridized carbons (Fsp3) is 0.600. The molecule has 0 radical (unpaired) electrons. The number of halogens is 1. The summed E-state index contributed by atoms with van der Waals surface area (Å²) in [6.45, 7) is 3.33. The minimum atomic E-state index is 0.420. The Bertz CT molecular complexity index is 465. The molecule has 0 amide bonds. The molecule has 3 rings (SSSR count). The first-order valence-electron chi connectivity index (χ1n) is 6.97. The quantitative estimate of drug-likeness (QED) is 0.928. The van der Waals surface area contributed by atoms with Crippen LogP contribution in [0.2, 0.25) is 0 Å². The van der Waals surface area contributed by atoms with E-state index in [1.807, 2.05) is 6.07 Å². The summed E-state index contributed by atoms with van der Waals surface area (Å²) in [6.07, 6.45) is 2.52. The van der Waals surface area contributed by atoms with Crippen LogP contribution in [0.4, 0.5) is 0 Å². The number of ether oxygens (including phenoxy) is 1. The number of benzene rings is 1. The molecule has 2 N–H and O–H groups in total. The fourth-order valence-electron chi connectivity index (χ4n) is 3.57. The summed E-state index contributed by atoms with van der Waals surface area (Å²) >= 11 is 3.63. The van der Waals surface area contributed by atoms with Gasteiger partial charge in [0.2, 0.25) is 0 Å². The van der Waals surface area contributed by atoms with Crippen molar-refractivity contribution in [1.29, 1.82) is 0 Å². The number of hydrogen-bond donors (Lipinski definition) is 1. The zero-order chi connectivity index (χ0) is 13.4. The van der Waals surface area contributed by atoms with Crippen molar-refractivity contribution in [2.75, 3.05) is 20.2 Å². The SMILES string of the molecule is COc1ccc(Br)c(CN2CC3CCC(N)C3C2)c1. The van der Waals surface area contributed by atoms with Crippen molar-refractivity contribution in [1.82, 2.24) is 4.90 Å². The van der Waals surface area contributed by atoms with Crippen LogP contribution in [0.25, 0.3) is 0 Å². The van der Waals surface area contributed by atoms with Crippen LogP contribution in [0.5, 0.6) is 5.75 Å². The zero-order valence-corrected chi connectivity index (χ0v) is 12.9. The van der Waals surface area contributed by atoms with E-state index < -0.39 is 0 Å². The first kappa shape index (κ1) is 13.4. The Balaban J connectivity index is 1.69. The summed E-state index contributed by atoms with van der Waals surface area (Å²) in [4.78, 5) is 2.54. The van der Waals surface area contributed by atoms with Gasteiger partial charge in [-0.15, -0.1) is 0 Å². The van der Waals surface area contributed by atoms with Gasteiger partial charge in [0.15, 0.2) is 0 Å². The number of nitrogens with zero attached hydrogens (tertiary/aromatic N) is 1. The summed E-state index contributed by atoms with van der Waals surface area (Å²) in [5.74, 6) is 2.46. The maximum absolute atomic E-state index is 6.20. The molecule has 4 heteroatoms. The standard InChI is InChI=1S/C15H21BrN2O/c1-19-12-3-4-14(16)11(6-12)8-18-7-10-2-5-15(17)13(10)9-18/h3-4,6,10,13,15H,2,5,7-9,17H2,1H3. The Morgan fingerprint density at radius 3 is 2.95 bits per heavy atom. The summed E-state index contributed by atoms with van der Waals surface area (Å²) in [7, 11) is 1.71. The van der Waals surface area contributed by atoms with Crippen molar-refractivity contribution in [3.05, 3.63) is 28.2 Å². The Labute approximate surface area is 123 Å². The van der Waals surface area contributed by atoms with Gasteiger partial charge in [-0.3, -0.25) is 4.90 Å². The highest BCUT2D eigenvalue weighted by Crippen LogP contribution is 2.38. The van der Waals surface area contributed by atoms with E-state index in [0.717, 1.165) is 29.2 Å². The summed E-state index contributed by atoms with van der Waals surface area (Å²) in [5, 5.41) is 0. The summed E-state index contributed by atoms with van der Waals surface area (Å²) in [5.41, 5.74) is 7.49. The van der Waals surface area contributed by atoms with Gasteiger partial charge < -0.3 is 10.5 Å². The number of hydrogen-bond acceptors (Lipinski definition) is 3. The normalized spacial score (nSPS) is 30.6. The summed E-state index contributed by atoms with van der Waals surface area (Å²) < 4.78 is 6.47. The molecular formula is C15H21BrN2O. The molecule has 2 aliphatic rings. The molecule has 0 aromatic heterocycles. The Kier molecular flexibility index (Phi) is 3.83. The molecule has 1 saturated heterocycles. The topological polar surface area (TPSA) is 38.5 Å². The molecule has 2 fully saturated rings. The molecule has 1 aliphatic carbocycles. The van der Waals surface area contributed by atoms with Gasteiger partial charge in [0.1, 0.15) is 5.75 Å². The van der Waals surface area contributed by atoms with Gasteiger partial charge in [0.25, 0.3) is 0 Å². The Morgan fingerprint density at radius 1 is 1.37 bits per heavy atom. The Morgan fingerprint density at radius 2 is 2.21 bits per heavy atom. The van der Waals surface area contributed by atoms with Crippen LogP contribution in [0.3, 0.4) is 0 Å². The van der Waals surface area contributed by atoms with Gasteiger partial charge in [-0.05, 0) is 48.4 Å². The van der Waals surface area contributed by atoms with Gasteiger partial charge in [0, 0.05) is 30.1 Å². The van der Waals surface area contributed by atoms with E-state index in [9.17, 15) is 0 Å². The lowest BCUT2D eigenvalue weighted by Crippen LogP contribution is -2.30. The molecule has 0 bridgehead atoms. The predicted octanol–water partition coefficient (Wildman–Crippen LogP) is 2.63. The Hall–Kier alpha value is -0.580. The van der Waals surface area contributed by atoms with Gasteiger partial charge in [0.05, 0.1) is 7.11 Å². The van der Waals surface area contributed by atoms with Crippen LogP contribution < -0.4 is 10.5 Å². The first-order chi connectivity index (χ1) is 9.17. The van der Waals surface area contributed by atoms with Crippen LogP contribution >= 0.6 is 15.9 Å². The molecule has 3 nitrogen and oxygen atoms in total. The van der Waals surface area contributed by atoms with Crippen LogP contribution in [0, 0.1) is 11.8 Å². The van der Waals surface area contributed by atoms with Crippen LogP contribution in [0.15, 0.2) is 22.7 Å². The molecule has 19 heavy (non-hydrogen) atoms. The van der Waals surface area contributed by atoms with Crippen LogP contribution in [-0.4, -0.2) is 31.1 Å². The van der Waals surface area contributed by atoms with Crippen molar-refractivity contribution in [3.8, 4) is 5.75 Å². The average Bonchev–Trinajstić information content (AvgIpc) is 2.95. The van der Waals surface area contributed by atoms with Crippen molar-refractivity contribution >= 4 is 15.9 Å². The number of nitrogens with two attached hydrogens (primary N) is 1. The fourth-order valence-corrected chi connectivity index (χ4v) is 3.94. The highest BCUT2D eigenvalue weighted by Gasteiger charge is 2.40. The minimum absolute atomic E-state index is 0.420. The molecular weight excluding hydrogens is 304 g/mol. The molecule has 0 spiro atoms. The number of fused-ring (bicyclic) bond motifs is 1. The van der Waals surface area contributed by atoms with Crippen LogP contribution in [0.1, 0.15) is 18.4 Å². The van der Waals surface area contributed by atoms with E-state index in [-0.39, 0.29) is 0 Å². The highest BCUT2D eigenvalue weighted by molar-refractivity contribution is 9.10. The van der Waals surface area contributed by atoms with E-state index in [1.54, 1.807) is 7.11 Å². The maximum Gasteiger partial charge on any atom is 0.119 e. The monoisotopic (exact) mass is 324 g/mol. The maximum atomic E-state index is 6.20. The van der Waals surface area contributed by atoms with E-state index >= 15 is 0 Å². The first-order valence-corrected chi connectivity index (χ1v) is 7.77. The molecule has 1 heterocycles. The second-order valence-electron chi connectivity index (χ2n) is 5.82. The third-order valence-corrected chi connectivity index (χ3v) is 5.41. The second kappa shape index (κ2) is 5.43. The van der Waals surface area contributed by atoms with E-state index in [1.165, 1.54) is 24.9 Å². The lowest BCUT2D eigenvalue weighted by molar-refractivity contribution is 0.297. The van der Waals surface area contributed by atoms with Crippen molar-refractivity contribution in [2.24, 2.45) is 17.6 Å². The molecule has 1 aromatic carbocycles. The lowest BCUT2D eigenvalue weighted by Gasteiger charge is -2.19. The molecule has 3 atom stereocenters. The number of rotatable bonds is 3. The molecule has 3 unspecified atom stereocenters. The molecule has 104 valence electrons. The van der Waals surface area contributed by atoms with E-state index in [0.29, 0.717) is 12.0 Å². The van der Waals surface area contributed by atoms with Gasteiger partial charge in [-0.1, -0.05) is 15.9 Å². The van der Waals surface area contributed by atoms with Gasteiger partial charge >= 0.3 is 0 Å². The number of likely N-dealkylation sites (tertiary alicyclic amines) is 1.